The topological polar surface area (TPSA) is 110 Å². The number of rotatable bonds is 10. The van der Waals surface area contributed by atoms with Gasteiger partial charge in [-0.3, -0.25) is 0 Å². The maximum atomic E-state index is 13.3. The van der Waals surface area contributed by atoms with E-state index in [1.54, 1.807) is 0 Å². The lowest BCUT2D eigenvalue weighted by molar-refractivity contribution is 0.248. The molecule has 2 aromatic heterocycles. The van der Waals surface area contributed by atoms with Gasteiger partial charge in [0.2, 0.25) is 0 Å². The van der Waals surface area contributed by atoms with E-state index < -0.39 is 17.2 Å². The SMILES string of the molecule is CCOc1cc(C(c2c(-c3ccccc3)[nH]oc2=O)c2c(-c3ccccc3)[nH]oc2=O)ccc1OCC(C)C. The van der Waals surface area contributed by atoms with Gasteiger partial charge in [-0.1, -0.05) is 80.6 Å². The number of benzene rings is 3. The van der Waals surface area contributed by atoms with Crippen molar-refractivity contribution < 1.29 is 18.5 Å². The van der Waals surface area contributed by atoms with Gasteiger partial charge >= 0.3 is 11.3 Å². The monoisotopic (exact) mass is 526 g/mol. The molecule has 8 nitrogen and oxygen atoms in total. The molecule has 0 saturated heterocycles. The van der Waals surface area contributed by atoms with Crippen molar-refractivity contribution in [3.63, 3.8) is 0 Å². The Morgan fingerprint density at radius 1 is 0.718 bits per heavy atom. The van der Waals surface area contributed by atoms with Crippen LogP contribution in [0.4, 0.5) is 0 Å². The van der Waals surface area contributed by atoms with E-state index in [1.807, 2.05) is 85.8 Å². The Balaban J connectivity index is 1.76. The average molecular weight is 527 g/mol. The van der Waals surface area contributed by atoms with Gasteiger partial charge < -0.3 is 18.5 Å². The maximum Gasteiger partial charge on any atom is 0.362 e. The lowest BCUT2D eigenvalue weighted by Crippen LogP contribution is -2.18. The van der Waals surface area contributed by atoms with Gasteiger partial charge in [-0.25, -0.2) is 19.9 Å². The van der Waals surface area contributed by atoms with Crippen LogP contribution in [0.2, 0.25) is 0 Å². The van der Waals surface area contributed by atoms with Crippen LogP contribution >= 0.6 is 0 Å². The summed E-state index contributed by atoms with van der Waals surface area (Å²) in [6, 6.07) is 24.2. The van der Waals surface area contributed by atoms with Crippen molar-refractivity contribution >= 4 is 0 Å². The second-order valence-corrected chi connectivity index (χ2v) is 9.57. The summed E-state index contributed by atoms with van der Waals surface area (Å²) in [5, 5.41) is 5.56. The standard InChI is InChI=1S/C31H30N2O6/c1-4-36-24-17-22(15-16-23(24)37-18-19(2)3)25(26-28(32-38-30(26)34)20-11-7-5-8-12-20)27-29(33-39-31(27)35)21-13-9-6-10-14-21/h5-17,19,25,32-33H,4,18H2,1-3H3. The maximum absolute atomic E-state index is 13.3. The van der Waals surface area contributed by atoms with Crippen molar-refractivity contribution in [1.82, 2.24) is 10.3 Å². The lowest BCUT2D eigenvalue weighted by atomic mass is 9.83. The number of H-pyrrole nitrogens is 2. The molecule has 39 heavy (non-hydrogen) atoms. The van der Waals surface area contributed by atoms with E-state index >= 15 is 0 Å². The molecule has 8 heteroatoms. The first-order valence-corrected chi connectivity index (χ1v) is 12.9. The molecule has 2 N–H and O–H groups in total. The van der Waals surface area contributed by atoms with Crippen molar-refractivity contribution in [2.45, 2.75) is 26.7 Å². The minimum Gasteiger partial charge on any atom is -0.490 e. The van der Waals surface area contributed by atoms with E-state index in [2.05, 4.69) is 24.2 Å². The molecule has 0 radical (unpaired) electrons. The molecule has 5 aromatic rings. The molecule has 0 aliphatic rings. The lowest BCUT2D eigenvalue weighted by Gasteiger charge is -2.19. The van der Waals surface area contributed by atoms with E-state index in [4.69, 9.17) is 18.5 Å². The second-order valence-electron chi connectivity index (χ2n) is 9.57. The third kappa shape index (κ3) is 5.31. The zero-order valence-electron chi connectivity index (χ0n) is 22.0. The number of hydrogen-bond donors (Lipinski definition) is 2. The van der Waals surface area contributed by atoms with E-state index in [0.29, 0.717) is 47.6 Å². The molecule has 0 amide bonds. The summed E-state index contributed by atoms with van der Waals surface area (Å²) in [6.45, 7) is 6.95. The Morgan fingerprint density at radius 3 is 1.74 bits per heavy atom. The molecular weight excluding hydrogens is 496 g/mol. The largest absolute Gasteiger partial charge is 0.490 e. The summed E-state index contributed by atoms with van der Waals surface area (Å²) in [5.74, 6) is 0.575. The zero-order chi connectivity index (χ0) is 27.4. The second kappa shape index (κ2) is 11.3. The molecule has 0 saturated carbocycles. The van der Waals surface area contributed by atoms with Crippen LogP contribution in [0.25, 0.3) is 22.5 Å². The fraction of sp³-hybridized carbons (Fsp3) is 0.226. The van der Waals surface area contributed by atoms with Gasteiger partial charge in [0.05, 0.1) is 41.6 Å². The Labute approximate surface area is 225 Å². The number of aromatic amines is 2. The fourth-order valence-electron chi connectivity index (χ4n) is 4.61. The van der Waals surface area contributed by atoms with Crippen molar-refractivity contribution in [1.29, 1.82) is 0 Å². The highest BCUT2D eigenvalue weighted by Gasteiger charge is 2.33. The number of nitrogens with one attached hydrogen (secondary N) is 2. The molecule has 0 bridgehead atoms. The Kier molecular flexibility index (Phi) is 7.54. The van der Waals surface area contributed by atoms with Crippen LogP contribution in [0.5, 0.6) is 11.5 Å². The van der Waals surface area contributed by atoms with Crippen molar-refractivity contribution in [2.24, 2.45) is 5.92 Å². The first-order chi connectivity index (χ1) is 19.0. The van der Waals surface area contributed by atoms with Crippen molar-refractivity contribution in [3.05, 3.63) is 116 Å². The molecule has 200 valence electrons. The van der Waals surface area contributed by atoms with Crippen LogP contribution in [0, 0.1) is 5.92 Å². The minimum absolute atomic E-state index is 0.281. The van der Waals surface area contributed by atoms with Crippen molar-refractivity contribution in [2.75, 3.05) is 13.2 Å². The minimum atomic E-state index is -0.848. The molecule has 0 atom stereocenters. The predicted octanol–water partition coefficient (Wildman–Crippen LogP) is 6.20. The van der Waals surface area contributed by atoms with Crippen LogP contribution in [0.3, 0.4) is 0 Å². The van der Waals surface area contributed by atoms with Gasteiger partial charge in [0, 0.05) is 11.1 Å². The van der Waals surface area contributed by atoms with Gasteiger partial charge in [-0.15, -0.1) is 0 Å². The Bertz CT molecular complexity index is 1550. The third-order valence-electron chi connectivity index (χ3n) is 6.35. The number of aromatic nitrogens is 2. The highest BCUT2D eigenvalue weighted by atomic mass is 16.5. The van der Waals surface area contributed by atoms with Crippen LogP contribution in [-0.2, 0) is 0 Å². The van der Waals surface area contributed by atoms with Crippen molar-refractivity contribution in [3.8, 4) is 34.0 Å². The molecule has 0 aliphatic carbocycles. The van der Waals surface area contributed by atoms with Crippen LogP contribution in [0.1, 0.15) is 43.4 Å². The summed E-state index contributed by atoms with van der Waals surface area (Å²) in [5.41, 5.74) is 2.47. The average Bonchev–Trinajstić information content (AvgIpc) is 3.52. The smallest absolute Gasteiger partial charge is 0.362 e. The summed E-state index contributed by atoms with van der Waals surface area (Å²) < 4.78 is 22.6. The van der Waals surface area contributed by atoms with Gasteiger partial charge in [0.15, 0.2) is 11.5 Å². The molecule has 0 fully saturated rings. The first kappa shape index (κ1) is 25.9. The summed E-state index contributed by atoms with van der Waals surface area (Å²) >= 11 is 0. The highest BCUT2D eigenvalue weighted by molar-refractivity contribution is 5.70. The molecule has 2 heterocycles. The van der Waals surface area contributed by atoms with Crippen LogP contribution in [0.15, 0.2) is 97.5 Å². The van der Waals surface area contributed by atoms with Crippen LogP contribution in [-0.4, -0.2) is 23.5 Å². The zero-order valence-corrected chi connectivity index (χ0v) is 22.0. The van der Waals surface area contributed by atoms with E-state index in [-0.39, 0.29) is 11.1 Å². The molecule has 0 unspecified atom stereocenters. The highest BCUT2D eigenvalue weighted by Crippen LogP contribution is 2.41. The van der Waals surface area contributed by atoms with Crippen LogP contribution < -0.4 is 20.7 Å². The Morgan fingerprint density at radius 2 is 1.26 bits per heavy atom. The van der Waals surface area contributed by atoms with Gasteiger partial charge in [-0.05, 0) is 30.5 Å². The molecular formula is C31H30N2O6. The normalized spacial score (nSPS) is 11.3. The summed E-state index contributed by atoms with van der Waals surface area (Å²) in [4.78, 5) is 26.7. The van der Waals surface area contributed by atoms with Gasteiger partial charge in [-0.2, -0.15) is 0 Å². The third-order valence-corrected chi connectivity index (χ3v) is 6.35. The Hall–Kier alpha value is -4.72. The first-order valence-electron chi connectivity index (χ1n) is 12.9. The van der Waals surface area contributed by atoms with E-state index in [9.17, 15) is 9.59 Å². The summed E-state index contributed by atoms with van der Waals surface area (Å²) in [6.07, 6.45) is 0. The molecule has 3 aromatic carbocycles. The fourth-order valence-corrected chi connectivity index (χ4v) is 4.61. The van der Waals surface area contributed by atoms with Gasteiger partial charge in [0.1, 0.15) is 0 Å². The number of ether oxygens (including phenoxy) is 2. The predicted molar refractivity (Wildman–Crippen MR) is 148 cm³/mol. The van der Waals surface area contributed by atoms with E-state index in [0.717, 1.165) is 11.1 Å². The van der Waals surface area contributed by atoms with Gasteiger partial charge in [0.25, 0.3) is 0 Å². The molecule has 5 rings (SSSR count). The summed E-state index contributed by atoms with van der Waals surface area (Å²) in [7, 11) is 0. The molecule has 0 aliphatic heterocycles. The molecule has 0 spiro atoms. The quantitative estimate of drug-likeness (QED) is 0.224. The van der Waals surface area contributed by atoms with E-state index in [1.165, 1.54) is 0 Å². The number of hydrogen-bond acceptors (Lipinski definition) is 6.